The number of nitrogens with zero attached hydrogens (tertiary/aromatic N) is 3. The van der Waals surface area contributed by atoms with Gasteiger partial charge < -0.3 is 9.64 Å². The van der Waals surface area contributed by atoms with E-state index in [-0.39, 0.29) is 5.91 Å². The first-order valence-corrected chi connectivity index (χ1v) is 9.01. The molecule has 6 nitrogen and oxygen atoms in total. The van der Waals surface area contributed by atoms with Crippen LogP contribution in [0.2, 0.25) is 0 Å². The standard InChI is InChI=1S/C22H23N3O3/c1-15-9-8-10-17(13-15)20-19(22(27)28-16(2)21(26)24(3)4)14-25(23-20)18-11-6-5-7-12-18/h5-14,16H,1-4H3/t16-/m1/s1. The minimum Gasteiger partial charge on any atom is -0.449 e. The summed E-state index contributed by atoms with van der Waals surface area (Å²) in [4.78, 5) is 26.3. The number of carbonyl (C=O) groups excluding carboxylic acids is 2. The normalized spacial score (nSPS) is 11.7. The van der Waals surface area contributed by atoms with E-state index in [1.165, 1.54) is 4.90 Å². The first-order chi connectivity index (χ1) is 13.4. The van der Waals surface area contributed by atoms with Gasteiger partial charge in [-0.05, 0) is 32.0 Å². The van der Waals surface area contributed by atoms with E-state index in [4.69, 9.17) is 4.74 Å². The first-order valence-electron chi connectivity index (χ1n) is 9.01. The fourth-order valence-corrected chi connectivity index (χ4v) is 2.88. The van der Waals surface area contributed by atoms with Gasteiger partial charge in [0.05, 0.1) is 5.69 Å². The quantitative estimate of drug-likeness (QED) is 0.639. The van der Waals surface area contributed by atoms with Crippen LogP contribution in [0, 0.1) is 6.92 Å². The fourth-order valence-electron chi connectivity index (χ4n) is 2.88. The maximum atomic E-state index is 12.9. The largest absolute Gasteiger partial charge is 0.449 e. The van der Waals surface area contributed by atoms with Crippen molar-refractivity contribution in [1.82, 2.24) is 14.7 Å². The molecule has 1 atom stereocenters. The summed E-state index contributed by atoms with van der Waals surface area (Å²) in [7, 11) is 3.25. The molecule has 28 heavy (non-hydrogen) atoms. The number of aryl methyl sites for hydroxylation is 1. The third kappa shape index (κ3) is 4.11. The van der Waals surface area contributed by atoms with Crippen molar-refractivity contribution in [2.24, 2.45) is 0 Å². The van der Waals surface area contributed by atoms with Gasteiger partial charge in [-0.1, -0.05) is 42.0 Å². The van der Waals surface area contributed by atoms with E-state index >= 15 is 0 Å². The number of carbonyl (C=O) groups is 2. The van der Waals surface area contributed by atoms with Gasteiger partial charge in [-0.15, -0.1) is 0 Å². The van der Waals surface area contributed by atoms with Crippen molar-refractivity contribution in [1.29, 1.82) is 0 Å². The van der Waals surface area contributed by atoms with Crippen LogP contribution in [-0.4, -0.2) is 46.8 Å². The number of rotatable bonds is 5. The Morgan fingerprint density at radius 3 is 2.43 bits per heavy atom. The van der Waals surface area contributed by atoms with Crippen LogP contribution in [0.25, 0.3) is 16.9 Å². The van der Waals surface area contributed by atoms with Crippen LogP contribution in [-0.2, 0) is 9.53 Å². The molecule has 0 saturated heterocycles. The molecular weight excluding hydrogens is 354 g/mol. The Morgan fingerprint density at radius 1 is 1.07 bits per heavy atom. The smallest absolute Gasteiger partial charge is 0.342 e. The molecule has 0 saturated carbocycles. The lowest BCUT2D eigenvalue weighted by atomic mass is 10.1. The molecule has 6 heteroatoms. The molecule has 2 aromatic carbocycles. The average Bonchev–Trinajstić information content (AvgIpc) is 3.13. The summed E-state index contributed by atoms with van der Waals surface area (Å²) in [6.45, 7) is 3.54. The molecular formula is C22H23N3O3. The Bertz CT molecular complexity index is 993. The molecule has 144 valence electrons. The zero-order valence-electron chi connectivity index (χ0n) is 16.4. The number of para-hydroxylation sites is 1. The zero-order valence-corrected chi connectivity index (χ0v) is 16.4. The number of aromatic nitrogens is 2. The first kappa shape index (κ1) is 19.4. The Kier molecular flexibility index (Phi) is 5.59. The number of likely N-dealkylation sites (N-methyl/N-ethyl adjacent to an activating group) is 1. The molecule has 1 amide bonds. The second kappa shape index (κ2) is 8.08. The molecule has 1 aromatic heterocycles. The van der Waals surface area contributed by atoms with Crippen molar-refractivity contribution in [3.63, 3.8) is 0 Å². The molecule has 0 aliphatic heterocycles. The van der Waals surface area contributed by atoms with Crippen LogP contribution < -0.4 is 0 Å². The summed E-state index contributed by atoms with van der Waals surface area (Å²) in [6.07, 6.45) is 0.760. The molecule has 3 aromatic rings. The maximum Gasteiger partial charge on any atom is 0.342 e. The second-order valence-electron chi connectivity index (χ2n) is 6.82. The summed E-state index contributed by atoms with van der Waals surface area (Å²) < 4.78 is 7.06. The monoisotopic (exact) mass is 377 g/mol. The van der Waals surface area contributed by atoms with Gasteiger partial charge >= 0.3 is 5.97 Å². The number of benzene rings is 2. The summed E-state index contributed by atoms with van der Waals surface area (Å²) in [6, 6.07) is 17.3. The third-order valence-electron chi connectivity index (χ3n) is 4.32. The minimum absolute atomic E-state index is 0.277. The van der Waals surface area contributed by atoms with Gasteiger partial charge in [-0.25, -0.2) is 9.48 Å². The van der Waals surface area contributed by atoms with Gasteiger partial charge in [0.2, 0.25) is 0 Å². The van der Waals surface area contributed by atoms with Crippen molar-refractivity contribution < 1.29 is 14.3 Å². The van der Waals surface area contributed by atoms with Crippen molar-refractivity contribution in [3.8, 4) is 16.9 Å². The molecule has 3 rings (SSSR count). The van der Waals surface area contributed by atoms with E-state index in [1.807, 2.05) is 61.5 Å². The predicted octanol–water partition coefficient (Wildman–Crippen LogP) is 3.48. The molecule has 0 bridgehead atoms. The van der Waals surface area contributed by atoms with Gasteiger partial charge in [-0.2, -0.15) is 5.10 Å². The second-order valence-corrected chi connectivity index (χ2v) is 6.82. The highest BCUT2D eigenvalue weighted by Gasteiger charge is 2.25. The molecule has 0 fully saturated rings. The predicted molar refractivity (Wildman–Crippen MR) is 107 cm³/mol. The van der Waals surface area contributed by atoms with Gasteiger partial charge in [0.25, 0.3) is 5.91 Å². The van der Waals surface area contributed by atoms with Gasteiger partial charge in [0.15, 0.2) is 6.10 Å². The molecule has 1 heterocycles. The van der Waals surface area contributed by atoms with Crippen LogP contribution in [0.4, 0.5) is 0 Å². The summed E-state index contributed by atoms with van der Waals surface area (Å²) in [5.74, 6) is -0.859. The summed E-state index contributed by atoms with van der Waals surface area (Å²) >= 11 is 0. The Morgan fingerprint density at radius 2 is 1.79 bits per heavy atom. The summed E-state index contributed by atoms with van der Waals surface area (Å²) in [5.41, 5.74) is 3.53. The highest BCUT2D eigenvalue weighted by Crippen LogP contribution is 2.25. The minimum atomic E-state index is -0.882. The van der Waals surface area contributed by atoms with E-state index in [9.17, 15) is 9.59 Å². The fraction of sp³-hybridized carbons (Fsp3) is 0.227. The topological polar surface area (TPSA) is 64.4 Å². The number of amides is 1. The lowest BCUT2D eigenvalue weighted by Gasteiger charge is -2.17. The molecule has 0 aliphatic rings. The van der Waals surface area contributed by atoms with E-state index in [0.29, 0.717) is 11.3 Å². The Labute approximate surface area is 164 Å². The van der Waals surface area contributed by atoms with Crippen LogP contribution in [0.3, 0.4) is 0 Å². The summed E-state index contributed by atoms with van der Waals surface area (Å²) in [5, 5.41) is 4.62. The van der Waals surface area contributed by atoms with Crippen LogP contribution in [0.5, 0.6) is 0 Å². The Hall–Kier alpha value is -3.41. The van der Waals surface area contributed by atoms with Crippen LogP contribution in [0.1, 0.15) is 22.8 Å². The van der Waals surface area contributed by atoms with E-state index in [0.717, 1.165) is 16.8 Å². The number of ether oxygens (including phenoxy) is 1. The number of hydrogen-bond donors (Lipinski definition) is 0. The van der Waals surface area contributed by atoms with Crippen molar-refractivity contribution in [2.45, 2.75) is 20.0 Å². The van der Waals surface area contributed by atoms with Crippen molar-refractivity contribution in [2.75, 3.05) is 14.1 Å². The SMILES string of the molecule is Cc1cccc(-c2nn(-c3ccccc3)cc2C(=O)O[C@H](C)C(=O)N(C)C)c1. The zero-order chi connectivity index (χ0) is 20.3. The van der Waals surface area contributed by atoms with Gasteiger partial charge in [0, 0.05) is 25.9 Å². The molecule has 0 aliphatic carbocycles. The van der Waals surface area contributed by atoms with Crippen molar-refractivity contribution >= 4 is 11.9 Å². The van der Waals surface area contributed by atoms with Crippen LogP contribution in [0.15, 0.2) is 60.8 Å². The number of hydrogen-bond acceptors (Lipinski definition) is 4. The highest BCUT2D eigenvalue weighted by molar-refractivity contribution is 5.97. The maximum absolute atomic E-state index is 12.9. The van der Waals surface area contributed by atoms with Gasteiger partial charge in [0.1, 0.15) is 11.3 Å². The highest BCUT2D eigenvalue weighted by atomic mass is 16.5. The third-order valence-corrected chi connectivity index (χ3v) is 4.32. The lowest BCUT2D eigenvalue weighted by molar-refractivity contribution is -0.137. The molecule has 0 radical (unpaired) electrons. The number of esters is 1. The molecule has 0 unspecified atom stereocenters. The van der Waals surface area contributed by atoms with E-state index < -0.39 is 12.1 Å². The van der Waals surface area contributed by atoms with Gasteiger partial charge in [-0.3, -0.25) is 4.79 Å². The van der Waals surface area contributed by atoms with E-state index in [2.05, 4.69) is 5.10 Å². The molecule has 0 spiro atoms. The van der Waals surface area contributed by atoms with E-state index in [1.54, 1.807) is 31.9 Å². The van der Waals surface area contributed by atoms with Crippen molar-refractivity contribution in [3.05, 3.63) is 71.9 Å². The van der Waals surface area contributed by atoms with Crippen LogP contribution >= 0.6 is 0 Å². The molecule has 0 N–H and O–H groups in total. The Balaban J connectivity index is 2.02. The lowest BCUT2D eigenvalue weighted by Crippen LogP contribution is -2.34. The average molecular weight is 377 g/mol.